The van der Waals surface area contributed by atoms with E-state index in [1.807, 2.05) is 36.4 Å². The Morgan fingerprint density at radius 1 is 1.10 bits per heavy atom. The number of carbonyl (C=O) groups is 3. The number of ether oxygens (including phenoxy) is 1. The number of hydrogen-bond donors (Lipinski definition) is 2. The molecular formula is C22H26N4O4. The highest BCUT2D eigenvalue weighted by Crippen LogP contribution is 2.29. The van der Waals surface area contributed by atoms with Gasteiger partial charge in [-0.3, -0.25) is 14.5 Å². The molecule has 2 aromatic carbocycles. The van der Waals surface area contributed by atoms with Crippen molar-refractivity contribution in [2.45, 2.75) is 18.9 Å². The molecule has 0 radical (unpaired) electrons. The third kappa shape index (κ3) is 4.44. The molecule has 0 saturated carbocycles. The Balaban J connectivity index is 1.31. The number of amides is 4. The Morgan fingerprint density at radius 2 is 1.87 bits per heavy atom. The standard InChI is InChI=1S/C22H26N4O4/c27-20(23-10-11-25-12-14-30-15-13-25)9-8-18-21(28)26(22(29)24-18)19-7-3-5-16-4-1-2-6-17(16)19/h1-7,18H,8-15H2,(H,23,27)(H,24,29)/t18-/m0/s1. The summed E-state index contributed by atoms with van der Waals surface area (Å²) >= 11 is 0. The van der Waals surface area contributed by atoms with Crippen molar-refractivity contribution in [3.63, 3.8) is 0 Å². The van der Waals surface area contributed by atoms with Gasteiger partial charge in [0, 0.05) is 38.0 Å². The van der Waals surface area contributed by atoms with E-state index >= 15 is 0 Å². The number of imide groups is 1. The molecule has 2 aliphatic heterocycles. The molecule has 2 fully saturated rings. The number of nitrogens with zero attached hydrogens (tertiary/aromatic N) is 2. The third-order valence-electron chi connectivity index (χ3n) is 5.54. The number of hydrogen-bond acceptors (Lipinski definition) is 5. The molecule has 0 aliphatic carbocycles. The van der Waals surface area contributed by atoms with Gasteiger partial charge in [0.05, 0.1) is 18.9 Å². The van der Waals surface area contributed by atoms with E-state index in [1.165, 1.54) is 4.90 Å². The highest BCUT2D eigenvalue weighted by Gasteiger charge is 2.39. The molecule has 2 N–H and O–H groups in total. The van der Waals surface area contributed by atoms with Crippen LogP contribution in [0.5, 0.6) is 0 Å². The second kappa shape index (κ2) is 9.23. The maximum Gasteiger partial charge on any atom is 0.329 e. The van der Waals surface area contributed by atoms with Gasteiger partial charge in [-0.25, -0.2) is 9.69 Å². The molecule has 0 aromatic heterocycles. The normalized spacial score (nSPS) is 19.9. The lowest BCUT2D eigenvalue weighted by atomic mass is 10.1. The van der Waals surface area contributed by atoms with Gasteiger partial charge in [-0.1, -0.05) is 36.4 Å². The van der Waals surface area contributed by atoms with E-state index in [2.05, 4.69) is 15.5 Å². The van der Waals surface area contributed by atoms with Gasteiger partial charge in [-0.15, -0.1) is 0 Å². The largest absolute Gasteiger partial charge is 0.379 e. The van der Waals surface area contributed by atoms with Crippen LogP contribution in [-0.2, 0) is 14.3 Å². The van der Waals surface area contributed by atoms with E-state index in [-0.39, 0.29) is 24.7 Å². The van der Waals surface area contributed by atoms with Crippen molar-refractivity contribution in [2.24, 2.45) is 0 Å². The first-order valence-electron chi connectivity index (χ1n) is 10.3. The van der Waals surface area contributed by atoms with Crippen LogP contribution in [0.2, 0.25) is 0 Å². The second-order valence-corrected chi connectivity index (χ2v) is 7.52. The number of urea groups is 1. The number of fused-ring (bicyclic) bond motifs is 1. The van der Waals surface area contributed by atoms with Crippen LogP contribution < -0.4 is 15.5 Å². The van der Waals surface area contributed by atoms with Crippen LogP contribution in [0.1, 0.15) is 12.8 Å². The van der Waals surface area contributed by atoms with Crippen molar-refractivity contribution >= 4 is 34.3 Å². The van der Waals surface area contributed by atoms with Crippen molar-refractivity contribution < 1.29 is 19.1 Å². The summed E-state index contributed by atoms with van der Waals surface area (Å²) in [6.45, 7) is 4.55. The summed E-state index contributed by atoms with van der Waals surface area (Å²) in [5.74, 6) is -0.439. The average Bonchev–Trinajstić information content (AvgIpc) is 3.05. The maximum absolute atomic E-state index is 12.9. The minimum absolute atomic E-state index is 0.117. The van der Waals surface area contributed by atoms with E-state index in [4.69, 9.17) is 4.74 Å². The molecule has 0 unspecified atom stereocenters. The van der Waals surface area contributed by atoms with E-state index in [1.54, 1.807) is 6.07 Å². The molecule has 2 heterocycles. The molecule has 2 saturated heterocycles. The van der Waals surface area contributed by atoms with E-state index in [0.29, 0.717) is 12.2 Å². The first-order chi connectivity index (χ1) is 14.6. The van der Waals surface area contributed by atoms with E-state index in [9.17, 15) is 14.4 Å². The first-order valence-corrected chi connectivity index (χ1v) is 10.3. The number of morpholine rings is 1. The molecule has 4 amide bonds. The van der Waals surface area contributed by atoms with Gasteiger partial charge in [0.1, 0.15) is 6.04 Å². The highest BCUT2D eigenvalue weighted by atomic mass is 16.5. The lowest BCUT2D eigenvalue weighted by molar-refractivity contribution is -0.121. The molecular weight excluding hydrogens is 384 g/mol. The van der Waals surface area contributed by atoms with Crippen molar-refractivity contribution in [1.29, 1.82) is 0 Å². The van der Waals surface area contributed by atoms with Gasteiger partial charge in [0.2, 0.25) is 5.91 Å². The number of carbonyl (C=O) groups excluding carboxylic acids is 3. The monoisotopic (exact) mass is 410 g/mol. The summed E-state index contributed by atoms with van der Waals surface area (Å²) in [5.41, 5.74) is 0.563. The Kier molecular flexibility index (Phi) is 6.25. The van der Waals surface area contributed by atoms with Crippen LogP contribution in [0, 0.1) is 0 Å². The van der Waals surface area contributed by atoms with Gasteiger partial charge in [-0.2, -0.15) is 0 Å². The first kappa shape index (κ1) is 20.3. The minimum atomic E-state index is -0.693. The Labute approximate surface area is 175 Å². The van der Waals surface area contributed by atoms with Crippen molar-refractivity contribution in [1.82, 2.24) is 15.5 Å². The lowest BCUT2D eigenvalue weighted by Gasteiger charge is -2.26. The van der Waals surface area contributed by atoms with E-state index < -0.39 is 12.1 Å². The Hall–Kier alpha value is -2.97. The number of nitrogens with one attached hydrogen (secondary N) is 2. The molecule has 8 nitrogen and oxygen atoms in total. The molecule has 158 valence electrons. The summed E-state index contributed by atoms with van der Waals surface area (Å²) < 4.78 is 5.31. The number of anilines is 1. The van der Waals surface area contributed by atoms with Crippen LogP contribution >= 0.6 is 0 Å². The Morgan fingerprint density at radius 3 is 2.70 bits per heavy atom. The van der Waals surface area contributed by atoms with Crippen LogP contribution in [0.3, 0.4) is 0 Å². The highest BCUT2D eigenvalue weighted by molar-refractivity contribution is 6.24. The summed E-state index contributed by atoms with van der Waals surface area (Å²) in [7, 11) is 0. The fraction of sp³-hybridized carbons (Fsp3) is 0.409. The molecule has 8 heteroatoms. The smallest absolute Gasteiger partial charge is 0.329 e. The molecule has 2 aromatic rings. The lowest BCUT2D eigenvalue weighted by Crippen LogP contribution is -2.41. The molecule has 4 rings (SSSR count). The zero-order chi connectivity index (χ0) is 20.9. The third-order valence-corrected chi connectivity index (χ3v) is 5.54. The van der Waals surface area contributed by atoms with Gasteiger partial charge in [-0.05, 0) is 17.9 Å². The predicted molar refractivity (Wildman–Crippen MR) is 113 cm³/mol. The fourth-order valence-electron chi connectivity index (χ4n) is 3.90. The molecule has 30 heavy (non-hydrogen) atoms. The van der Waals surface area contributed by atoms with Crippen molar-refractivity contribution in [2.75, 3.05) is 44.3 Å². The second-order valence-electron chi connectivity index (χ2n) is 7.52. The van der Waals surface area contributed by atoms with Crippen molar-refractivity contribution in [3.05, 3.63) is 42.5 Å². The topological polar surface area (TPSA) is 91.0 Å². The van der Waals surface area contributed by atoms with Gasteiger partial charge in [0.25, 0.3) is 5.91 Å². The minimum Gasteiger partial charge on any atom is -0.379 e. The van der Waals surface area contributed by atoms with Crippen LogP contribution in [0.15, 0.2) is 42.5 Å². The van der Waals surface area contributed by atoms with E-state index in [0.717, 1.165) is 43.6 Å². The summed E-state index contributed by atoms with van der Waals surface area (Å²) in [6.07, 6.45) is 0.457. The van der Waals surface area contributed by atoms with Crippen LogP contribution in [0.25, 0.3) is 10.8 Å². The zero-order valence-corrected chi connectivity index (χ0v) is 16.8. The van der Waals surface area contributed by atoms with Gasteiger partial charge in [0.15, 0.2) is 0 Å². The quantitative estimate of drug-likeness (QED) is 0.675. The van der Waals surface area contributed by atoms with Crippen molar-refractivity contribution in [3.8, 4) is 0 Å². The maximum atomic E-state index is 12.9. The average molecular weight is 410 g/mol. The molecule has 1 atom stereocenters. The summed E-state index contributed by atoms with van der Waals surface area (Å²) in [6, 6.07) is 12.0. The zero-order valence-electron chi connectivity index (χ0n) is 16.8. The Bertz CT molecular complexity index is 936. The fourth-order valence-corrected chi connectivity index (χ4v) is 3.90. The van der Waals surface area contributed by atoms with Gasteiger partial charge >= 0.3 is 6.03 Å². The number of rotatable bonds is 7. The summed E-state index contributed by atoms with van der Waals surface area (Å²) in [5, 5.41) is 7.40. The molecule has 0 spiro atoms. The van der Waals surface area contributed by atoms with Crippen LogP contribution in [0.4, 0.5) is 10.5 Å². The summed E-state index contributed by atoms with van der Waals surface area (Å²) in [4.78, 5) is 41.0. The number of benzene rings is 2. The molecule has 2 aliphatic rings. The molecule has 0 bridgehead atoms. The predicted octanol–water partition coefficient (Wildman–Crippen LogP) is 1.49. The SMILES string of the molecule is O=C(CC[C@@H]1NC(=O)N(c2cccc3ccccc23)C1=O)NCCN1CCOCC1. The van der Waals surface area contributed by atoms with Gasteiger partial charge < -0.3 is 15.4 Å². The van der Waals surface area contributed by atoms with Crippen LogP contribution in [-0.4, -0.2) is 68.2 Å².